The zero-order valence-corrected chi connectivity index (χ0v) is 12.6. The van der Waals surface area contributed by atoms with E-state index in [4.69, 9.17) is 10.5 Å². The summed E-state index contributed by atoms with van der Waals surface area (Å²) in [6, 6.07) is 14.3. The Balaban J connectivity index is 2.07. The molecule has 0 atom stereocenters. The maximum atomic E-state index is 12.1. The molecular formula is C15H18N2O3S. The Bertz CT molecular complexity index is 700. The highest BCUT2D eigenvalue weighted by molar-refractivity contribution is 7.92. The molecule has 0 saturated heterocycles. The van der Waals surface area contributed by atoms with Gasteiger partial charge in [-0.3, -0.25) is 4.72 Å². The Morgan fingerprint density at radius 1 is 1.14 bits per heavy atom. The molecule has 0 fully saturated rings. The molecule has 0 spiro atoms. The number of nitrogens with two attached hydrogens (primary N) is 1. The lowest BCUT2D eigenvalue weighted by molar-refractivity contribution is 0.417. The largest absolute Gasteiger partial charge is 0.494 e. The number of nitrogen functional groups attached to an aromatic ring is 1. The van der Waals surface area contributed by atoms with Crippen molar-refractivity contribution in [3.05, 3.63) is 54.1 Å². The molecule has 0 heterocycles. The van der Waals surface area contributed by atoms with Crippen molar-refractivity contribution in [2.75, 3.05) is 23.3 Å². The first-order chi connectivity index (χ1) is 10.00. The van der Waals surface area contributed by atoms with Gasteiger partial charge < -0.3 is 10.5 Å². The number of rotatable bonds is 6. The van der Waals surface area contributed by atoms with E-state index in [2.05, 4.69) is 4.72 Å². The Labute approximate surface area is 124 Å². The second kappa shape index (κ2) is 6.49. The maximum Gasteiger partial charge on any atom is 0.233 e. The number of sulfonamides is 1. The molecule has 0 aliphatic rings. The average Bonchev–Trinajstić information content (AvgIpc) is 2.48. The van der Waals surface area contributed by atoms with Crippen LogP contribution >= 0.6 is 0 Å². The lowest BCUT2D eigenvalue weighted by Crippen LogP contribution is -2.18. The van der Waals surface area contributed by atoms with E-state index >= 15 is 0 Å². The zero-order chi connectivity index (χ0) is 15.3. The third-order valence-electron chi connectivity index (χ3n) is 2.99. The third-order valence-corrected chi connectivity index (χ3v) is 4.27. The summed E-state index contributed by atoms with van der Waals surface area (Å²) >= 11 is 0. The van der Waals surface area contributed by atoms with Crippen molar-refractivity contribution < 1.29 is 13.2 Å². The third kappa shape index (κ3) is 4.39. The van der Waals surface area contributed by atoms with Crippen LogP contribution in [-0.2, 0) is 16.4 Å². The van der Waals surface area contributed by atoms with Gasteiger partial charge in [-0.1, -0.05) is 30.3 Å². The summed E-state index contributed by atoms with van der Waals surface area (Å²) in [5.41, 5.74) is 7.52. The molecule has 0 aliphatic heterocycles. The number of hydrogen-bond donors (Lipinski definition) is 2. The van der Waals surface area contributed by atoms with E-state index in [1.54, 1.807) is 18.2 Å². The fourth-order valence-corrected chi connectivity index (χ4v) is 3.02. The van der Waals surface area contributed by atoms with Gasteiger partial charge in [0.1, 0.15) is 5.75 Å². The number of methoxy groups -OCH3 is 1. The Morgan fingerprint density at radius 3 is 2.52 bits per heavy atom. The highest BCUT2D eigenvalue weighted by Gasteiger charge is 2.13. The lowest BCUT2D eigenvalue weighted by Gasteiger charge is -2.12. The maximum absolute atomic E-state index is 12.1. The molecule has 2 aromatic rings. The minimum Gasteiger partial charge on any atom is -0.494 e. The lowest BCUT2D eigenvalue weighted by atomic mass is 10.2. The predicted molar refractivity (Wildman–Crippen MR) is 85.0 cm³/mol. The number of hydrogen-bond acceptors (Lipinski definition) is 4. The van der Waals surface area contributed by atoms with Gasteiger partial charge in [-0.05, 0) is 24.1 Å². The van der Waals surface area contributed by atoms with Crippen molar-refractivity contribution in [2.24, 2.45) is 0 Å². The monoisotopic (exact) mass is 306 g/mol. The Hall–Kier alpha value is -2.21. The van der Waals surface area contributed by atoms with Crippen LogP contribution in [0.15, 0.2) is 48.5 Å². The van der Waals surface area contributed by atoms with Gasteiger partial charge in [0.15, 0.2) is 0 Å². The molecule has 0 bridgehead atoms. The molecule has 0 amide bonds. The van der Waals surface area contributed by atoms with Gasteiger partial charge in [0.2, 0.25) is 10.0 Å². The summed E-state index contributed by atoms with van der Waals surface area (Å²) in [5, 5.41) is 0. The molecule has 112 valence electrons. The Kier molecular flexibility index (Phi) is 4.70. The standard InChI is InChI=1S/C15H18N2O3S/c1-20-15-11-13(16)7-8-14(15)17-21(18,19)10-9-12-5-3-2-4-6-12/h2-8,11,17H,9-10,16H2,1H3. The summed E-state index contributed by atoms with van der Waals surface area (Å²) in [4.78, 5) is 0. The molecule has 21 heavy (non-hydrogen) atoms. The molecule has 5 nitrogen and oxygen atoms in total. The quantitative estimate of drug-likeness (QED) is 0.802. The van der Waals surface area contributed by atoms with Crippen LogP contribution in [0.2, 0.25) is 0 Å². The highest BCUT2D eigenvalue weighted by atomic mass is 32.2. The summed E-state index contributed by atoms with van der Waals surface area (Å²) in [5.74, 6) is 0.406. The highest BCUT2D eigenvalue weighted by Crippen LogP contribution is 2.27. The molecule has 0 saturated carbocycles. The van der Waals surface area contributed by atoms with Gasteiger partial charge >= 0.3 is 0 Å². The van der Waals surface area contributed by atoms with E-state index in [9.17, 15) is 8.42 Å². The van der Waals surface area contributed by atoms with Crippen molar-refractivity contribution in [3.63, 3.8) is 0 Å². The molecule has 2 rings (SSSR count). The SMILES string of the molecule is COc1cc(N)ccc1NS(=O)(=O)CCc1ccccc1. The minimum atomic E-state index is -3.45. The van der Waals surface area contributed by atoms with Crippen LogP contribution in [-0.4, -0.2) is 21.3 Å². The number of ether oxygens (including phenoxy) is 1. The van der Waals surface area contributed by atoms with E-state index in [0.29, 0.717) is 23.5 Å². The summed E-state index contributed by atoms with van der Waals surface area (Å²) < 4.78 is 31.9. The number of nitrogens with one attached hydrogen (secondary N) is 1. The van der Waals surface area contributed by atoms with Crippen LogP contribution in [0.25, 0.3) is 0 Å². The summed E-state index contributed by atoms with van der Waals surface area (Å²) in [7, 11) is -1.98. The first kappa shape index (κ1) is 15.2. The van der Waals surface area contributed by atoms with Crippen molar-refractivity contribution >= 4 is 21.4 Å². The van der Waals surface area contributed by atoms with Gasteiger partial charge in [-0.25, -0.2) is 8.42 Å². The topological polar surface area (TPSA) is 81.4 Å². The normalized spacial score (nSPS) is 11.1. The molecule has 6 heteroatoms. The molecule has 0 unspecified atom stereocenters. The van der Waals surface area contributed by atoms with Crippen LogP contribution < -0.4 is 15.2 Å². The van der Waals surface area contributed by atoms with Gasteiger partial charge in [-0.15, -0.1) is 0 Å². The zero-order valence-electron chi connectivity index (χ0n) is 11.7. The van der Waals surface area contributed by atoms with Crippen molar-refractivity contribution in [1.29, 1.82) is 0 Å². The minimum absolute atomic E-state index is 0.00451. The molecule has 0 radical (unpaired) electrons. The smallest absolute Gasteiger partial charge is 0.233 e. The van der Waals surface area contributed by atoms with Gasteiger partial charge in [0.25, 0.3) is 0 Å². The average molecular weight is 306 g/mol. The number of aryl methyl sites for hydroxylation is 1. The molecule has 0 aliphatic carbocycles. The fourth-order valence-electron chi connectivity index (χ4n) is 1.91. The summed E-state index contributed by atoms with van der Waals surface area (Å²) in [6.45, 7) is 0. The fraction of sp³-hybridized carbons (Fsp3) is 0.200. The second-order valence-electron chi connectivity index (χ2n) is 4.62. The van der Waals surface area contributed by atoms with Crippen molar-refractivity contribution in [3.8, 4) is 5.75 Å². The molecular weight excluding hydrogens is 288 g/mol. The van der Waals surface area contributed by atoms with E-state index in [1.165, 1.54) is 7.11 Å². The molecule has 0 aromatic heterocycles. The first-order valence-electron chi connectivity index (χ1n) is 6.48. The van der Waals surface area contributed by atoms with Gasteiger partial charge in [0, 0.05) is 11.8 Å². The van der Waals surface area contributed by atoms with Crippen molar-refractivity contribution in [1.82, 2.24) is 0 Å². The van der Waals surface area contributed by atoms with Gasteiger partial charge in [0.05, 0.1) is 18.6 Å². The molecule has 3 N–H and O–H groups in total. The van der Waals surface area contributed by atoms with Crippen LogP contribution in [0.1, 0.15) is 5.56 Å². The van der Waals surface area contributed by atoms with E-state index in [-0.39, 0.29) is 5.75 Å². The van der Waals surface area contributed by atoms with Crippen molar-refractivity contribution in [2.45, 2.75) is 6.42 Å². The van der Waals surface area contributed by atoms with E-state index in [0.717, 1.165) is 5.56 Å². The van der Waals surface area contributed by atoms with E-state index in [1.807, 2.05) is 30.3 Å². The van der Waals surface area contributed by atoms with Crippen LogP contribution in [0.3, 0.4) is 0 Å². The Morgan fingerprint density at radius 2 is 1.86 bits per heavy atom. The molecule has 2 aromatic carbocycles. The number of benzene rings is 2. The second-order valence-corrected chi connectivity index (χ2v) is 6.46. The van der Waals surface area contributed by atoms with Crippen LogP contribution in [0, 0.1) is 0 Å². The van der Waals surface area contributed by atoms with Gasteiger partial charge in [-0.2, -0.15) is 0 Å². The van der Waals surface area contributed by atoms with Crippen LogP contribution in [0.4, 0.5) is 11.4 Å². The number of anilines is 2. The van der Waals surface area contributed by atoms with E-state index < -0.39 is 10.0 Å². The summed E-state index contributed by atoms with van der Waals surface area (Å²) in [6.07, 6.45) is 0.452. The first-order valence-corrected chi connectivity index (χ1v) is 8.13. The predicted octanol–water partition coefficient (Wildman–Crippen LogP) is 2.26. The van der Waals surface area contributed by atoms with Crippen LogP contribution in [0.5, 0.6) is 5.75 Å².